The molecule has 4 nitrogen and oxygen atoms in total. The molecule has 0 aliphatic heterocycles. The van der Waals surface area contributed by atoms with Crippen molar-refractivity contribution in [1.82, 2.24) is 4.72 Å². The maximum atomic E-state index is 11.4. The van der Waals surface area contributed by atoms with Crippen LogP contribution in [0.3, 0.4) is 0 Å². The summed E-state index contributed by atoms with van der Waals surface area (Å²) < 4.78 is 25.1. The van der Waals surface area contributed by atoms with Crippen molar-refractivity contribution in [2.24, 2.45) is 0 Å². The predicted molar refractivity (Wildman–Crippen MR) is 52.8 cm³/mol. The Balaban J connectivity index is 2.89. The smallest absolute Gasteiger partial charge is 0.250 e. The first-order valence-electron chi connectivity index (χ1n) is 3.33. The first-order chi connectivity index (χ1) is 6.06. The molecule has 6 heteroatoms. The zero-order chi connectivity index (χ0) is 9.90. The van der Waals surface area contributed by atoms with Gasteiger partial charge in [-0.25, -0.2) is 8.42 Å². The number of sulfonamides is 1. The van der Waals surface area contributed by atoms with Crippen LogP contribution in [0.25, 0.3) is 0 Å². The summed E-state index contributed by atoms with van der Waals surface area (Å²) in [6.45, 7) is -0.0138. The Morgan fingerprint density at radius 3 is 2.85 bits per heavy atom. The molecule has 0 radical (unpaired) electrons. The third-order valence-corrected chi connectivity index (χ3v) is 4.08. The van der Waals surface area contributed by atoms with E-state index < -0.39 is 10.0 Å². The van der Waals surface area contributed by atoms with Crippen LogP contribution in [0.1, 0.15) is 0 Å². The van der Waals surface area contributed by atoms with Crippen LogP contribution in [-0.4, -0.2) is 15.0 Å². The molecule has 0 aliphatic carbocycles. The zero-order valence-corrected chi connectivity index (χ0v) is 8.28. The lowest BCUT2D eigenvalue weighted by atomic mass is 10.6. The van der Waals surface area contributed by atoms with Gasteiger partial charge in [-0.1, -0.05) is 5.92 Å². The van der Waals surface area contributed by atoms with Gasteiger partial charge in [0.15, 0.2) is 0 Å². The number of nitrogen functional groups attached to an aromatic ring is 1. The van der Waals surface area contributed by atoms with Gasteiger partial charge in [0.2, 0.25) is 0 Å². The van der Waals surface area contributed by atoms with E-state index >= 15 is 0 Å². The zero-order valence-electron chi connectivity index (χ0n) is 6.65. The maximum Gasteiger partial charge on any atom is 0.250 e. The number of nitrogens with two attached hydrogens (primary N) is 1. The van der Waals surface area contributed by atoms with Crippen molar-refractivity contribution in [3.05, 3.63) is 11.4 Å². The van der Waals surface area contributed by atoms with Gasteiger partial charge >= 0.3 is 0 Å². The van der Waals surface area contributed by atoms with E-state index in [9.17, 15) is 8.42 Å². The normalized spacial score (nSPS) is 11.0. The number of hydrogen-bond acceptors (Lipinski definition) is 4. The van der Waals surface area contributed by atoms with Gasteiger partial charge in [-0.3, -0.25) is 0 Å². The molecule has 0 bridgehead atoms. The van der Waals surface area contributed by atoms with E-state index in [2.05, 4.69) is 10.6 Å². The minimum absolute atomic E-state index is 0.0138. The van der Waals surface area contributed by atoms with Gasteiger partial charge in [-0.2, -0.15) is 4.72 Å². The molecular formula is C7H8N2O2S2. The molecule has 1 aromatic heterocycles. The molecule has 0 fully saturated rings. The summed E-state index contributed by atoms with van der Waals surface area (Å²) in [4.78, 5) is 0. The van der Waals surface area contributed by atoms with Crippen molar-refractivity contribution in [2.45, 2.75) is 4.21 Å². The summed E-state index contributed by atoms with van der Waals surface area (Å²) in [6, 6.07) is 1.39. The lowest BCUT2D eigenvalue weighted by Gasteiger charge is -1.98. The van der Waals surface area contributed by atoms with Crippen molar-refractivity contribution in [3.63, 3.8) is 0 Å². The average molecular weight is 216 g/mol. The highest BCUT2D eigenvalue weighted by Crippen LogP contribution is 2.20. The summed E-state index contributed by atoms with van der Waals surface area (Å²) in [7, 11) is -3.46. The highest BCUT2D eigenvalue weighted by atomic mass is 32.2. The summed E-state index contributed by atoms with van der Waals surface area (Å²) in [5, 5.41) is 1.56. The SMILES string of the molecule is C#CCNS(=O)(=O)c1cc(N)cs1. The second-order valence-electron chi connectivity index (χ2n) is 2.23. The van der Waals surface area contributed by atoms with Crippen LogP contribution in [0.2, 0.25) is 0 Å². The van der Waals surface area contributed by atoms with E-state index in [0.717, 1.165) is 11.3 Å². The number of thiophene rings is 1. The molecule has 0 unspecified atom stereocenters. The van der Waals surface area contributed by atoms with Gasteiger partial charge in [0, 0.05) is 11.1 Å². The molecule has 0 spiro atoms. The average Bonchev–Trinajstić information content (AvgIpc) is 2.49. The molecule has 1 heterocycles. The molecular weight excluding hydrogens is 208 g/mol. The lowest BCUT2D eigenvalue weighted by molar-refractivity contribution is 0.588. The molecule has 13 heavy (non-hydrogen) atoms. The van der Waals surface area contributed by atoms with Crippen molar-refractivity contribution in [1.29, 1.82) is 0 Å². The third kappa shape index (κ3) is 2.45. The van der Waals surface area contributed by atoms with Gasteiger partial charge in [-0.15, -0.1) is 17.8 Å². The molecule has 1 rings (SSSR count). The van der Waals surface area contributed by atoms with Gasteiger partial charge in [0.1, 0.15) is 4.21 Å². The van der Waals surface area contributed by atoms with Crippen LogP contribution in [0, 0.1) is 12.3 Å². The fourth-order valence-corrected chi connectivity index (χ4v) is 2.74. The van der Waals surface area contributed by atoms with Crippen LogP contribution in [0.4, 0.5) is 5.69 Å². The maximum absolute atomic E-state index is 11.4. The predicted octanol–water partition coefficient (Wildman–Crippen LogP) is 0.242. The first-order valence-corrected chi connectivity index (χ1v) is 5.69. The Hall–Kier alpha value is -1.03. The van der Waals surface area contributed by atoms with Gasteiger partial charge in [-0.05, 0) is 6.07 Å². The number of terminal acetylenes is 1. The number of rotatable bonds is 3. The van der Waals surface area contributed by atoms with E-state index in [0.29, 0.717) is 5.69 Å². The van der Waals surface area contributed by atoms with Gasteiger partial charge in [0.25, 0.3) is 10.0 Å². The second kappa shape index (κ2) is 3.79. The highest BCUT2D eigenvalue weighted by molar-refractivity contribution is 7.91. The van der Waals surface area contributed by atoms with Crippen LogP contribution in [-0.2, 0) is 10.0 Å². The number of hydrogen-bond donors (Lipinski definition) is 2. The first kappa shape index (κ1) is 10.1. The van der Waals surface area contributed by atoms with Crippen molar-refractivity contribution in [3.8, 4) is 12.3 Å². The Morgan fingerprint density at radius 2 is 2.38 bits per heavy atom. The Bertz CT molecular complexity index is 428. The summed E-state index contributed by atoms with van der Waals surface area (Å²) in [5.74, 6) is 2.18. The molecule has 0 aliphatic rings. The third-order valence-electron chi connectivity index (χ3n) is 1.22. The highest BCUT2D eigenvalue weighted by Gasteiger charge is 2.14. The van der Waals surface area contributed by atoms with Crippen LogP contribution >= 0.6 is 11.3 Å². The van der Waals surface area contributed by atoms with E-state index in [1.54, 1.807) is 5.38 Å². The molecule has 70 valence electrons. The van der Waals surface area contributed by atoms with Crippen LogP contribution < -0.4 is 10.5 Å². The number of nitrogens with one attached hydrogen (secondary N) is 1. The number of anilines is 1. The Kier molecular flexibility index (Phi) is 2.93. The van der Waals surface area contributed by atoms with E-state index in [-0.39, 0.29) is 10.8 Å². The monoisotopic (exact) mass is 216 g/mol. The lowest BCUT2D eigenvalue weighted by Crippen LogP contribution is -2.22. The van der Waals surface area contributed by atoms with Crippen LogP contribution in [0.15, 0.2) is 15.7 Å². The molecule has 0 amide bonds. The molecule has 0 aromatic carbocycles. The van der Waals surface area contributed by atoms with Crippen molar-refractivity contribution < 1.29 is 8.42 Å². The molecule has 0 saturated carbocycles. The fraction of sp³-hybridized carbons (Fsp3) is 0.143. The van der Waals surface area contributed by atoms with E-state index in [1.165, 1.54) is 6.07 Å². The Morgan fingerprint density at radius 1 is 1.69 bits per heavy atom. The fourth-order valence-electron chi connectivity index (χ4n) is 0.679. The summed E-state index contributed by atoms with van der Waals surface area (Å²) in [6.07, 6.45) is 4.92. The van der Waals surface area contributed by atoms with Crippen LogP contribution in [0.5, 0.6) is 0 Å². The molecule has 1 aromatic rings. The van der Waals surface area contributed by atoms with Crippen molar-refractivity contribution >= 4 is 27.0 Å². The van der Waals surface area contributed by atoms with E-state index in [1.807, 2.05) is 0 Å². The van der Waals surface area contributed by atoms with Gasteiger partial charge in [0.05, 0.1) is 6.54 Å². The van der Waals surface area contributed by atoms with E-state index in [4.69, 9.17) is 12.2 Å². The topological polar surface area (TPSA) is 72.2 Å². The minimum Gasteiger partial charge on any atom is -0.398 e. The van der Waals surface area contributed by atoms with Gasteiger partial charge < -0.3 is 5.73 Å². The largest absolute Gasteiger partial charge is 0.398 e. The summed E-state index contributed by atoms with van der Waals surface area (Å²) in [5.41, 5.74) is 5.82. The minimum atomic E-state index is -3.46. The quantitative estimate of drug-likeness (QED) is 0.711. The molecule has 0 atom stereocenters. The molecule has 0 saturated heterocycles. The summed E-state index contributed by atoms with van der Waals surface area (Å²) >= 11 is 1.06. The molecule has 3 N–H and O–H groups in total. The second-order valence-corrected chi connectivity index (χ2v) is 5.13. The Labute approximate surface area is 80.8 Å². The van der Waals surface area contributed by atoms with Crippen molar-refractivity contribution in [2.75, 3.05) is 12.3 Å². The standard InChI is InChI=1S/C7H8N2O2S2/c1-2-3-9-13(10,11)7-4-6(8)5-12-7/h1,4-5,9H,3,8H2.